The van der Waals surface area contributed by atoms with E-state index in [0.29, 0.717) is 15.6 Å². The number of rotatable bonds is 4. The fourth-order valence-corrected chi connectivity index (χ4v) is 3.95. The molecule has 4 nitrogen and oxygen atoms in total. The molecule has 1 aromatic heterocycles. The molecular weight excluding hydrogens is 399 g/mol. The maximum absolute atomic E-state index is 13.7. The number of thiophene rings is 1. The van der Waals surface area contributed by atoms with E-state index in [9.17, 15) is 14.0 Å². The van der Waals surface area contributed by atoms with Gasteiger partial charge in [-0.15, -0.1) is 11.3 Å². The van der Waals surface area contributed by atoms with Crippen LogP contribution in [0.1, 0.15) is 10.4 Å². The first-order chi connectivity index (χ1) is 13.5. The highest BCUT2D eigenvalue weighted by atomic mass is 35.5. The number of carbonyl (C=O) groups excluding carboxylic acids is 2. The Morgan fingerprint density at radius 3 is 2.57 bits per heavy atom. The molecule has 2 amide bonds. The van der Waals surface area contributed by atoms with E-state index in [-0.39, 0.29) is 17.0 Å². The summed E-state index contributed by atoms with van der Waals surface area (Å²) in [5, 5.41) is 5.41. The number of imide groups is 1. The fourth-order valence-electron chi connectivity index (χ4n) is 3.01. The largest absolute Gasteiger partial charge is 0.350 e. The van der Waals surface area contributed by atoms with Crippen LogP contribution in [0.2, 0.25) is 5.02 Å². The van der Waals surface area contributed by atoms with Crippen LogP contribution in [0, 0.1) is 12.7 Å². The lowest BCUT2D eigenvalue weighted by molar-refractivity contribution is -0.120. The van der Waals surface area contributed by atoms with E-state index >= 15 is 0 Å². The van der Waals surface area contributed by atoms with Crippen LogP contribution in [0.25, 0.3) is 5.57 Å². The predicted molar refractivity (Wildman–Crippen MR) is 110 cm³/mol. The number of aryl methyl sites for hydroxylation is 1. The number of anilines is 2. The van der Waals surface area contributed by atoms with Crippen molar-refractivity contribution in [3.63, 3.8) is 0 Å². The molecule has 28 heavy (non-hydrogen) atoms. The SMILES string of the molecule is Cc1ccc(Cl)cc1NC1=C(c2cccs2)C(=O)N(c2cccc(F)c2)C1=O. The summed E-state index contributed by atoms with van der Waals surface area (Å²) in [5.74, 6) is -1.57. The molecule has 1 aliphatic heterocycles. The van der Waals surface area contributed by atoms with Crippen molar-refractivity contribution in [1.29, 1.82) is 0 Å². The molecule has 1 N–H and O–H groups in total. The first-order valence-corrected chi connectivity index (χ1v) is 9.67. The van der Waals surface area contributed by atoms with Gasteiger partial charge < -0.3 is 5.32 Å². The Labute approximate surface area is 169 Å². The molecule has 0 saturated heterocycles. The highest BCUT2D eigenvalue weighted by Crippen LogP contribution is 2.36. The summed E-state index contributed by atoms with van der Waals surface area (Å²) < 4.78 is 13.7. The molecule has 0 fully saturated rings. The predicted octanol–water partition coefficient (Wildman–Crippen LogP) is 5.25. The zero-order chi connectivity index (χ0) is 19.8. The Morgan fingerprint density at radius 2 is 1.86 bits per heavy atom. The molecule has 0 unspecified atom stereocenters. The summed E-state index contributed by atoms with van der Waals surface area (Å²) in [6.07, 6.45) is 0. The van der Waals surface area contributed by atoms with Crippen LogP contribution in [0.4, 0.5) is 15.8 Å². The maximum Gasteiger partial charge on any atom is 0.282 e. The third kappa shape index (κ3) is 3.21. The molecule has 2 aromatic carbocycles. The van der Waals surface area contributed by atoms with Gasteiger partial charge >= 0.3 is 0 Å². The molecular formula is C21H14ClFN2O2S. The molecule has 4 rings (SSSR count). The van der Waals surface area contributed by atoms with Crippen LogP contribution in [0.5, 0.6) is 0 Å². The van der Waals surface area contributed by atoms with Crippen molar-refractivity contribution in [2.45, 2.75) is 6.92 Å². The van der Waals surface area contributed by atoms with E-state index in [2.05, 4.69) is 5.32 Å². The number of nitrogens with one attached hydrogen (secondary N) is 1. The molecule has 0 spiro atoms. The van der Waals surface area contributed by atoms with Gasteiger partial charge in [0, 0.05) is 15.6 Å². The molecule has 7 heteroatoms. The summed E-state index contributed by atoms with van der Waals surface area (Å²) in [6, 6.07) is 14.2. The van der Waals surface area contributed by atoms with Gasteiger partial charge in [0.1, 0.15) is 11.5 Å². The highest BCUT2D eigenvalue weighted by molar-refractivity contribution is 7.11. The van der Waals surface area contributed by atoms with Gasteiger partial charge in [0.05, 0.1) is 11.3 Å². The van der Waals surface area contributed by atoms with Crippen molar-refractivity contribution >= 4 is 51.7 Å². The minimum atomic E-state index is -0.543. The van der Waals surface area contributed by atoms with E-state index in [1.807, 2.05) is 18.4 Å². The Morgan fingerprint density at radius 1 is 1.04 bits per heavy atom. The number of nitrogens with zero attached hydrogens (tertiary/aromatic N) is 1. The lowest BCUT2D eigenvalue weighted by Crippen LogP contribution is -2.32. The standard InChI is InChI=1S/C21H14ClFN2O2S/c1-12-7-8-13(22)10-16(12)24-19-18(17-6-3-9-28-17)20(26)25(21(19)27)15-5-2-4-14(23)11-15/h2-11,24H,1H3. The topological polar surface area (TPSA) is 49.4 Å². The van der Waals surface area contributed by atoms with Crippen LogP contribution in [0.15, 0.2) is 65.7 Å². The molecule has 0 radical (unpaired) electrons. The molecule has 0 saturated carbocycles. The summed E-state index contributed by atoms with van der Waals surface area (Å²) >= 11 is 7.44. The molecule has 140 valence electrons. The average Bonchev–Trinajstić information content (AvgIpc) is 3.25. The first kappa shape index (κ1) is 18.4. The van der Waals surface area contributed by atoms with Gasteiger partial charge in [-0.05, 0) is 54.3 Å². The lowest BCUT2D eigenvalue weighted by Gasteiger charge is -2.15. The Balaban J connectivity index is 1.83. The second-order valence-corrected chi connectivity index (χ2v) is 7.62. The van der Waals surface area contributed by atoms with Crippen molar-refractivity contribution in [2.24, 2.45) is 0 Å². The quantitative estimate of drug-likeness (QED) is 0.596. The number of benzene rings is 2. The van der Waals surface area contributed by atoms with E-state index in [0.717, 1.165) is 16.5 Å². The molecule has 1 aliphatic rings. The summed E-state index contributed by atoms with van der Waals surface area (Å²) in [5.41, 5.74) is 2.07. The first-order valence-electron chi connectivity index (χ1n) is 8.41. The van der Waals surface area contributed by atoms with Crippen molar-refractivity contribution in [1.82, 2.24) is 0 Å². The van der Waals surface area contributed by atoms with Crippen molar-refractivity contribution in [3.05, 3.63) is 87.0 Å². The normalized spacial score (nSPS) is 14.2. The van der Waals surface area contributed by atoms with E-state index in [1.54, 1.807) is 24.3 Å². The van der Waals surface area contributed by atoms with Crippen molar-refractivity contribution in [2.75, 3.05) is 10.2 Å². The van der Waals surface area contributed by atoms with Crippen molar-refractivity contribution in [3.8, 4) is 0 Å². The lowest BCUT2D eigenvalue weighted by atomic mass is 10.1. The number of hydrogen-bond donors (Lipinski definition) is 1. The number of hydrogen-bond acceptors (Lipinski definition) is 4. The zero-order valence-corrected chi connectivity index (χ0v) is 16.3. The number of halogens is 2. The van der Waals surface area contributed by atoms with Crippen LogP contribution >= 0.6 is 22.9 Å². The minimum Gasteiger partial charge on any atom is -0.350 e. The Kier molecular flexibility index (Phi) is 4.75. The van der Waals surface area contributed by atoms with Gasteiger partial charge in [-0.2, -0.15) is 0 Å². The molecule has 0 aliphatic carbocycles. The van der Waals surface area contributed by atoms with E-state index < -0.39 is 17.6 Å². The smallest absolute Gasteiger partial charge is 0.282 e. The molecule has 3 aromatic rings. The summed E-state index contributed by atoms with van der Waals surface area (Å²) in [6.45, 7) is 1.87. The summed E-state index contributed by atoms with van der Waals surface area (Å²) in [4.78, 5) is 28.0. The highest BCUT2D eigenvalue weighted by Gasteiger charge is 2.40. The Hall–Kier alpha value is -2.96. The Bertz CT molecular complexity index is 1130. The zero-order valence-electron chi connectivity index (χ0n) is 14.7. The van der Waals surface area contributed by atoms with Crippen LogP contribution < -0.4 is 10.2 Å². The second kappa shape index (κ2) is 7.22. The number of amides is 2. The maximum atomic E-state index is 13.7. The van der Waals surface area contributed by atoms with Gasteiger partial charge in [0.2, 0.25) is 0 Å². The number of carbonyl (C=O) groups is 2. The molecule has 0 atom stereocenters. The fraction of sp³-hybridized carbons (Fsp3) is 0.0476. The molecule has 0 bridgehead atoms. The van der Waals surface area contributed by atoms with Crippen LogP contribution in [-0.2, 0) is 9.59 Å². The third-order valence-electron chi connectivity index (χ3n) is 4.38. The second-order valence-electron chi connectivity index (χ2n) is 6.24. The monoisotopic (exact) mass is 412 g/mol. The third-order valence-corrected chi connectivity index (χ3v) is 5.50. The van der Waals surface area contributed by atoms with Gasteiger partial charge in [-0.3, -0.25) is 9.59 Å². The minimum absolute atomic E-state index is 0.141. The van der Waals surface area contributed by atoms with Crippen LogP contribution in [0.3, 0.4) is 0 Å². The van der Waals surface area contributed by atoms with E-state index in [1.165, 1.54) is 29.5 Å². The van der Waals surface area contributed by atoms with Crippen molar-refractivity contribution < 1.29 is 14.0 Å². The molecule has 2 heterocycles. The summed E-state index contributed by atoms with van der Waals surface area (Å²) in [7, 11) is 0. The van der Waals surface area contributed by atoms with Crippen LogP contribution in [-0.4, -0.2) is 11.8 Å². The van der Waals surface area contributed by atoms with Gasteiger partial charge in [0.15, 0.2) is 0 Å². The average molecular weight is 413 g/mol. The van der Waals surface area contributed by atoms with Gasteiger partial charge in [-0.25, -0.2) is 9.29 Å². The van der Waals surface area contributed by atoms with Gasteiger partial charge in [-0.1, -0.05) is 29.8 Å². The van der Waals surface area contributed by atoms with Gasteiger partial charge in [0.25, 0.3) is 11.8 Å². The van der Waals surface area contributed by atoms with E-state index in [4.69, 9.17) is 11.6 Å².